The zero-order valence-electron chi connectivity index (χ0n) is 11.5. The molecule has 0 aliphatic heterocycles. The van der Waals surface area contributed by atoms with E-state index in [9.17, 15) is 0 Å². The highest BCUT2D eigenvalue weighted by Gasteiger charge is 2.37. The Hall–Kier alpha value is -0.123. The third-order valence-electron chi connectivity index (χ3n) is 3.58. The van der Waals surface area contributed by atoms with Crippen LogP contribution in [-0.4, -0.2) is 53.9 Å². The lowest BCUT2D eigenvalue weighted by molar-refractivity contribution is -0.0457. The quantitative estimate of drug-likeness (QED) is 0.497. The second-order valence-corrected chi connectivity index (χ2v) is 5.39. The van der Waals surface area contributed by atoms with Gasteiger partial charge in [0.15, 0.2) is 0 Å². The van der Waals surface area contributed by atoms with E-state index < -0.39 is 0 Å². The van der Waals surface area contributed by atoms with Crippen LogP contribution in [0.2, 0.25) is 0 Å². The van der Waals surface area contributed by atoms with Crippen LogP contribution in [-0.2, 0) is 0 Å². The molecule has 0 rings (SSSR count). The predicted octanol–water partition coefficient (Wildman–Crippen LogP) is 1.12. The Morgan fingerprint density at radius 2 is 1.67 bits per heavy atom. The maximum absolute atomic E-state index is 2.36. The SMILES string of the molecule is CCC(C(C)C/C=C\[SiH3])(N(C)C)N(C)C. The van der Waals surface area contributed by atoms with Crippen LogP contribution in [0.3, 0.4) is 0 Å². The summed E-state index contributed by atoms with van der Waals surface area (Å²) in [6.45, 7) is 4.63. The van der Waals surface area contributed by atoms with Crippen molar-refractivity contribution in [3.8, 4) is 0 Å². The van der Waals surface area contributed by atoms with Crippen molar-refractivity contribution in [2.75, 3.05) is 28.2 Å². The summed E-state index contributed by atoms with van der Waals surface area (Å²) in [5.74, 6) is 0.651. The summed E-state index contributed by atoms with van der Waals surface area (Å²) >= 11 is 0. The van der Waals surface area contributed by atoms with Crippen LogP contribution in [0.5, 0.6) is 0 Å². The van der Waals surface area contributed by atoms with Crippen LogP contribution in [0.4, 0.5) is 0 Å². The maximum atomic E-state index is 2.36. The average molecular weight is 228 g/mol. The van der Waals surface area contributed by atoms with E-state index in [1.165, 1.54) is 16.7 Å². The topological polar surface area (TPSA) is 6.48 Å². The Morgan fingerprint density at radius 1 is 1.20 bits per heavy atom. The molecule has 2 nitrogen and oxygen atoms in total. The molecule has 0 amide bonds. The van der Waals surface area contributed by atoms with Gasteiger partial charge in [0.05, 0.1) is 5.66 Å². The molecular weight excluding hydrogens is 200 g/mol. The lowest BCUT2D eigenvalue weighted by Crippen LogP contribution is -2.58. The van der Waals surface area contributed by atoms with Gasteiger partial charge in [0.1, 0.15) is 0 Å². The van der Waals surface area contributed by atoms with E-state index in [0.717, 1.165) is 6.42 Å². The van der Waals surface area contributed by atoms with Crippen molar-refractivity contribution < 1.29 is 0 Å². The lowest BCUT2D eigenvalue weighted by atomic mass is 9.86. The molecule has 0 saturated heterocycles. The van der Waals surface area contributed by atoms with E-state index in [-0.39, 0.29) is 5.66 Å². The van der Waals surface area contributed by atoms with Gasteiger partial charge < -0.3 is 0 Å². The Morgan fingerprint density at radius 3 is 1.93 bits per heavy atom. The van der Waals surface area contributed by atoms with Crippen molar-refractivity contribution in [3.05, 3.63) is 11.8 Å². The molecule has 1 atom stereocenters. The molecule has 3 heteroatoms. The summed E-state index contributed by atoms with van der Waals surface area (Å²) in [6.07, 6.45) is 4.66. The highest BCUT2D eigenvalue weighted by molar-refractivity contribution is 6.16. The summed E-state index contributed by atoms with van der Waals surface area (Å²) in [6, 6.07) is 0. The van der Waals surface area contributed by atoms with Crippen LogP contribution < -0.4 is 0 Å². The van der Waals surface area contributed by atoms with Crippen LogP contribution in [0, 0.1) is 5.92 Å². The van der Waals surface area contributed by atoms with Crippen molar-refractivity contribution in [2.24, 2.45) is 5.92 Å². The van der Waals surface area contributed by atoms with Gasteiger partial charge in [0.25, 0.3) is 0 Å². The highest BCUT2D eigenvalue weighted by Crippen LogP contribution is 2.31. The van der Waals surface area contributed by atoms with Gasteiger partial charge in [-0.2, -0.15) is 0 Å². The van der Waals surface area contributed by atoms with E-state index in [0.29, 0.717) is 5.92 Å². The van der Waals surface area contributed by atoms with Gasteiger partial charge in [-0.15, -0.1) is 5.70 Å². The van der Waals surface area contributed by atoms with E-state index in [1.807, 2.05) is 0 Å². The van der Waals surface area contributed by atoms with Crippen molar-refractivity contribution in [2.45, 2.75) is 32.4 Å². The molecule has 0 aromatic rings. The Kier molecular flexibility index (Phi) is 6.40. The predicted molar refractivity (Wildman–Crippen MR) is 73.3 cm³/mol. The van der Waals surface area contributed by atoms with Gasteiger partial charge in [0, 0.05) is 10.2 Å². The molecule has 0 N–H and O–H groups in total. The molecule has 0 aliphatic rings. The van der Waals surface area contributed by atoms with Crippen molar-refractivity contribution in [1.29, 1.82) is 0 Å². The molecule has 0 fully saturated rings. The lowest BCUT2D eigenvalue weighted by Gasteiger charge is -2.49. The Balaban J connectivity index is 4.89. The highest BCUT2D eigenvalue weighted by atomic mass is 28.1. The van der Waals surface area contributed by atoms with Crippen LogP contribution in [0.15, 0.2) is 11.8 Å². The standard InChI is InChI=1S/C12H28N2Si/c1-7-12(13(3)4,14(5)6)11(2)9-8-10-15/h8,10-11H,7,9H2,1-6,15H3/b10-8-. The molecule has 0 aliphatic carbocycles. The van der Waals surface area contributed by atoms with E-state index in [2.05, 4.69) is 63.6 Å². The van der Waals surface area contributed by atoms with E-state index >= 15 is 0 Å². The second kappa shape index (κ2) is 6.46. The van der Waals surface area contributed by atoms with Gasteiger partial charge in [-0.1, -0.05) is 19.9 Å². The molecule has 0 spiro atoms. The summed E-state index contributed by atoms with van der Waals surface area (Å²) in [7, 11) is 9.91. The summed E-state index contributed by atoms with van der Waals surface area (Å²) in [4.78, 5) is 4.72. The number of nitrogens with zero attached hydrogens (tertiary/aromatic N) is 2. The first-order valence-corrected chi connectivity index (χ1v) is 7.04. The fourth-order valence-corrected chi connectivity index (χ4v) is 3.06. The molecule has 0 bridgehead atoms. The third kappa shape index (κ3) is 3.16. The molecule has 0 aromatic heterocycles. The fraction of sp³-hybridized carbons (Fsp3) is 0.833. The number of rotatable bonds is 6. The zero-order chi connectivity index (χ0) is 12.1. The molecular formula is C12H28N2Si. The van der Waals surface area contributed by atoms with Gasteiger partial charge in [-0.3, -0.25) is 9.80 Å². The first-order valence-electron chi connectivity index (χ1n) is 5.89. The van der Waals surface area contributed by atoms with Crippen LogP contribution in [0.1, 0.15) is 26.7 Å². The maximum Gasteiger partial charge on any atom is 0.0754 e. The van der Waals surface area contributed by atoms with Crippen LogP contribution in [0.25, 0.3) is 0 Å². The number of hydrogen-bond donors (Lipinski definition) is 0. The first-order chi connectivity index (χ1) is 6.93. The minimum Gasteiger partial charge on any atom is -0.291 e. The Bertz CT molecular complexity index is 192. The number of allylic oxidation sites excluding steroid dienone is 1. The summed E-state index contributed by atoms with van der Waals surface area (Å²) in [5.41, 5.74) is 2.46. The number of hydrogen-bond acceptors (Lipinski definition) is 2. The largest absolute Gasteiger partial charge is 0.291 e. The van der Waals surface area contributed by atoms with Gasteiger partial charge in [0.2, 0.25) is 0 Å². The second-order valence-electron chi connectivity index (χ2n) is 4.73. The monoisotopic (exact) mass is 228 g/mol. The van der Waals surface area contributed by atoms with Crippen molar-refractivity contribution in [3.63, 3.8) is 0 Å². The molecule has 0 aromatic carbocycles. The molecule has 15 heavy (non-hydrogen) atoms. The third-order valence-corrected chi connectivity index (χ3v) is 4.06. The van der Waals surface area contributed by atoms with Crippen molar-refractivity contribution >= 4 is 10.2 Å². The van der Waals surface area contributed by atoms with E-state index in [1.54, 1.807) is 0 Å². The summed E-state index contributed by atoms with van der Waals surface area (Å²) < 4.78 is 0. The van der Waals surface area contributed by atoms with Gasteiger partial charge in [-0.25, -0.2) is 0 Å². The first kappa shape index (κ1) is 14.9. The minimum absolute atomic E-state index is 0.182. The van der Waals surface area contributed by atoms with Crippen molar-refractivity contribution in [1.82, 2.24) is 9.80 Å². The average Bonchev–Trinajstić information content (AvgIpc) is 2.15. The zero-order valence-corrected chi connectivity index (χ0v) is 13.5. The molecule has 0 saturated carbocycles. The normalized spacial score (nSPS) is 15.7. The van der Waals surface area contributed by atoms with Gasteiger partial charge >= 0.3 is 0 Å². The minimum atomic E-state index is 0.182. The fourth-order valence-electron chi connectivity index (χ4n) is 2.79. The van der Waals surface area contributed by atoms with Gasteiger partial charge in [-0.05, 0) is 47.0 Å². The molecule has 0 radical (unpaired) electrons. The molecule has 1 unspecified atom stereocenters. The molecule has 90 valence electrons. The Labute approximate surface area is 98.8 Å². The van der Waals surface area contributed by atoms with E-state index in [4.69, 9.17) is 0 Å². The smallest absolute Gasteiger partial charge is 0.0754 e. The summed E-state index contributed by atoms with van der Waals surface area (Å²) in [5, 5.41) is 0. The molecule has 0 heterocycles. The van der Waals surface area contributed by atoms with Crippen LogP contribution >= 0.6 is 0 Å².